The van der Waals surface area contributed by atoms with Gasteiger partial charge in [-0.1, -0.05) is 97.4 Å². The van der Waals surface area contributed by atoms with Gasteiger partial charge >= 0.3 is 0 Å². The largest absolute Gasteiger partial charge is 0.333 e. The number of nitrogens with zero attached hydrogens (tertiary/aromatic N) is 1. The first-order valence-corrected chi connectivity index (χ1v) is 9.25. The average Bonchev–Trinajstić information content (AvgIpc) is 2.60. The molecule has 0 bridgehead atoms. The first-order chi connectivity index (χ1) is 11.8. The van der Waals surface area contributed by atoms with Crippen molar-refractivity contribution in [3.05, 3.63) is 71.8 Å². The van der Waals surface area contributed by atoms with Crippen LogP contribution in [0.5, 0.6) is 0 Å². The molecule has 132 valence electrons. The molecule has 25 heavy (non-hydrogen) atoms. The molecule has 2 aromatic rings. The number of benzene rings is 2. The first kappa shape index (κ1) is 19.4. The van der Waals surface area contributed by atoms with Gasteiger partial charge < -0.3 is 4.90 Å². The fourth-order valence-corrected chi connectivity index (χ4v) is 3.45. The quantitative estimate of drug-likeness (QED) is 0.524. The van der Waals surface area contributed by atoms with E-state index in [0.29, 0.717) is 13.1 Å². The molecule has 2 rings (SSSR count). The zero-order valence-corrected chi connectivity index (χ0v) is 16.5. The topological polar surface area (TPSA) is 37.4 Å². The fraction of sp³-hybridized carbons (Fsp3) is 0.333. The Labute approximate surface area is 158 Å². The molecule has 1 amide bonds. The molecule has 0 saturated heterocycles. The van der Waals surface area contributed by atoms with Gasteiger partial charge in [0.1, 0.15) is 0 Å². The molecule has 0 aliphatic carbocycles. The number of hydrogen-bond acceptors (Lipinski definition) is 2. The molecule has 3 nitrogen and oxygen atoms in total. The summed E-state index contributed by atoms with van der Waals surface area (Å²) < 4.78 is 0. The van der Waals surface area contributed by atoms with Gasteiger partial charge in [-0.2, -0.15) is 0 Å². The Hall–Kier alpha value is -1.94. The summed E-state index contributed by atoms with van der Waals surface area (Å²) in [6, 6.07) is 19.6. The highest BCUT2D eigenvalue weighted by Crippen LogP contribution is 2.23. The maximum absolute atomic E-state index is 13.0. The summed E-state index contributed by atoms with van der Waals surface area (Å²) in [5.41, 5.74) is 1.50. The molecule has 0 spiro atoms. The number of carbonyl (C=O) groups is 2. The highest BCUT2D eigenvalue weighted by Gasteiger charge is 2.35. The zero-order chi connectivity index (χ0) is 18.4. The molecular formula is C21H24BrNO2. The summed E-state index contributed by atoms with van der Waals surface area (Å²) in [7, 11) is 0. The molecule has 2 aromatic carbocycles. The maximum Gasteiger partial charge on any atom is 0.244 e. The van der Waals surface area contributed by atoms with Crippen LogP contribution in [0.1, 0.15) is 31.9 Å². The van der Waals surface area contributed by atoms with E-state index in [1.54, 1.807) is 4.90 Å². The number of hydrogen-bond donors (Lipinski definition) is 0. The predicted octanol–water partition coefficient (Wildman–Crippen LogP) is 4.59. The third kappa shape index (κ3) is 5.53. The molecule has 0 heterocycles. The van der Waals surface area contributed by atoms with Crippen LogP contribution in [0.2, 0.25) is 0 Å². The van der Waals surface area contributed by atoms with Gasteiger partial charge in [-0.3, -0.25) is 9.59 Å². The Morgan fingerprint density at radius 2 is 1.28 bits per heavy atom. The van der Waals surface area contributed by atoms with Crippen molar-refractivity contribution in [2.45, 2.75) is 38.7 Å². The fourth-order valence-electron chi connectivity index (χ4n) is 2.47. The molecule has 1 unspecified atom stereocenters. The lowest BCUT2D eigenvalue weighted by molar-refractivity contribution is -0.138. The number of ketones is 1. The zero-order valence-electron chi connectivity index (χ0n) is 14.9. The van der Waals surface area contributed by atoms with Crippen LogP contribution >= 0.6 is 15.9 Å². The number of alkyl halides is 1. The molecule has 0 fully saturated rings. The number of halogens is 1. The Bertz CT molecular complexity index is 666. The minimum atomic E-state index is -0.833. The summed E-state index contributed by atoms with van der Waals surface area (Å²) in [5, 5.41) is 0. The van der Waals surface area contributed by atoms with Gasteiger partial charge in [0.05, 0.1) is 0 Å². The van der Waals surface area contributed by atoms with E-state index in [1.807, 2.05) is 81.4 Å². The van der Waals surface area contributed by atoms with E-state index in [-0.39, 0.29) is 11.7 Å². The number of amides is 1. The van der Waals surface area contributed by atoms with Crippen LogP contribution in [-0.2, 0) is 22.7 Å². The van der Waals surface area contributed by atoms with Crippen molar-refractivity contribution in [2.75, 3.05) is 0 Å². The van der Waals surface area contributed by atoms with Gasteiger partial charge in [0, 0.05) is 18.5 Å². The van der Waals surface area contributed by atoms with Crippen LogP contribution in [0.25, 0.3) is 0 Å². The second kappa shape index (κ2) is 8.43. The van der Waals surface area contributed by atoms with Crippen molar-refractivity contribution in [3.63, 3.8) is 0 Å². The second-order valence-electron chi connectivity index (χ2n) is 7.14. The molecule has 0 N–H and O–H groups in total. The van der Waals surface area contributed by atoms with E-state index in [4.69, 9.17) is 0 Å². The lowest BCUT2D eigenvalue weighted by Gasteiger charge is -2.27. The molecule has 1 atom stereocenters. The van der Waals surface area contributed by atoms with E-state index in [9.17, 15) is 9.59 Å². The minimum Gasteiger partial charge on any atom is -0.333 e. The van der Waals surface area contributed by atoms with Gasteiger partial charge in [-0.05, 0) is 11.1 Å². The Balaban J connectivity index is 2.23. The SMILES string of the molecule is CC(C)(C)C(=O)C(Br)C(=O)N(Cc1ccccc1)Cc1ccccc1. The molecule has 0 aromatic heterocycles. The van der Waals surface area contributed by atoms with Gasteiger partial charge in [0.2, 0.25) is 5.91 Å². The van der Waals surface area contributed by atoms with Crippen molar-refractivity contribution in [3.8, 4) is 0 Å². The van der Waals surface area contributed by atoms with E-state index in [2.05, 4.69) is 15.9 Å². The minimum absolute atomic E-state index is 0.108. The first-order valence-electron chi connectivity index (χ1n) is 8.34. The van der Waals surface area contributed by atoms with Crippen LogP contribution in [0.3, 0.4) is 0 Å². The average molecular weight is 402 g/mol. The summed E-state index contributed by atoms with van der Waals surface area (Å²) >= 11 is 3.33. The number of Topliss-reactive ketones (excluding diaryl/α,β-unsaturated/α-hetero) is 1. The Morgan fingerprint density at radius 3 is 1.64 bits per heavy atom. The van der Waals surface area contributed by atoms with Crippen molar-refractivity contribution in [2.24, 2.45) is 5.41 Å². The number of rotatable bonds is 6. The third-order valence-corrected chi connectivity index (χ3v) is 4.74. The van der Waals surface area contributed by atoms with Crippen LogP contribution in [0.15, 0.2) is 60.7 Å². The van der Waals surface area contributed by atoms with Crippen molar-refractivity contribution < 1.29 is 9.59 Å². The molecular weight excluding hydrogens is 378 g/mol. The molecule has 0 aliphatic heterocycles. The maximum atomic E-state index is 13.0. The highest BCUT2D eigenvalue weighted by atomic mass is 79.9. The van der Waals surface area contributed by atoms with Crippen LogP contribution < -0.4 is 0 Å². The van der Waals surface area contributed by atoms with Crippen molar-refractivity contribution in [1.82, 2.24) is 4.90 Å². The van der Waals surface area contributed by atoms with Gasteiger partial charge in [0.25, 0.3) is 0 Å². The lowest BCUT2D eigenvalue weighted by atomic mass is 9.88. The van der Waals surface area contributed by atoms with E-state index < -0.39 is 10.2 Å². The number of carbonyl (C=O) groups excluding carboxylic acids is 2. The highest BCUT2D eigenvalue weighted by molar-refractivity contribution is 9.10. The summed E-state index contributed by atoms with van der Waals surface area (Å²) in [6.45, 7) is 6.42. The van der Waals surface area contributed by atoms with Gasteiger partial charge in [-0.15, -0.1) is 0 Å². The molecule has 4 heteroatoms. The third-order valence-electron chi connectivity index (χ3n) is 3.93. The van der Waals surface area contributed by atoms with Crippen molar-refractivity contribution >= 4 is 27.6 Å². The monoisotopic (exact) mass is 401 g/mol. The smallest absolute Gasteiger partial charge is 0.244 e. The molecule has 0 radical (unpaired) electrons. The predicted molar refractivity (Wildman–Crippen MR) is 104 cm³/mol. The Kier molecular flexibility index (Phi) is 6.54. The van der Waals surface area contributed by atoms with Crippen LogP contribution in [0, 0.1) is 5.41 Å². The van der Waals surface area contributed by atoms with E-state index in [0.717, 1.165) is 11.1 Å². The summed E-state index contributed by atoms with van der Waals surface area (Å²) in [5.74, 6) is -0.309. The Morgan fingerprint density at radius 1 is 0.880 bits per heavy atom. The van der Waals surface area contributed by atoms with Crippen LogP contribution in [0.4, 0.5) is 0 Å². The normalized spacial score (nSPS) is 12.5. The molecule has 0 aliphatic rings. The van der Waals surface area contributed by atoms with Gasteiger partial charge in [0.15, 0.2) is 10.6 Å². The summed E-state index contributed by atoms with van der Waals surface area (Å²) in [6.07, 6.45) is 0. The van der Waals surface area contributed by atoms with Crippen LogP contribution in [-0.4, -0.2) is 21.4 Å². The summed E-state index contributed by atoms with van der Waals surface area (Å²) in [4.78, 5) is 26.4. The second-order valence-corrected chi connectivity index (χ2v) is 8.06. The van der Waals surface area contributed by atoms with E-state index >= 15 is 0 Å². The standard InChI is InChI=1S/C21H24BrNO2/c1-21(2,3)19(24)18(22)20(25)23(14-16-10-6-4-7-11-16)15-17-12-8-5-9-13-17/h4-13,18H,14-15H2,1-3H3. The van der Waals surface area contributed by atoms with Gasteiger partial charge in [-0.25, -0.2) is 0 Å². The van der Waals surface area contributed by atoms with E-state index in [1.165, 1.54) is 0 Å². The lowest BCUT2D eigenvalue weighted by Crippen LogP contribution is -2.43. The molecule has 0 saturated carbocycles. The van der Waals surface area contributed by atoms with Crippen molar-refractivity contribution in [1.29, 1.82) is 0 Å².